The van der Waals surface area contributed by atoms with Gasteiger partial charge in [-0.05, 0) is 25.5 Å². The minimum absolute atomic E-state index is 0.242. The Kier molecular flexibility index (Phi) is 4.28. The van der Waals surface area contributed by atoms with Crippen LogP contribution in [0, 0.1) is 0 Å². The fourth-order valence-electron chi connectivity index (χ4n) is 2.31. The van der Waals surface area contributed by atoms with Gasteiger partial charge in [-0.3, -0.25) is 4.79 Å². The van der Waals surface area contributed by atoms with Crippen molar-refractivity contribution in [2.75, 3.05) is 7.11 Å². The summed E-state index contributed by atoms with van der Waals surface area (Å²) in [4.78, 5) is 23.2. The summed E-state index contributed by atoms with van der Waals surface area (Å²) in [6, 6.07) is 3.84. The summed E-state index contributed by atoms with van der Waals surface area (Å²) in [6.07, 6.45) is 3.51. The molecule has 1 aromatic carbocycles. The lowest BCUT2D eigenvalue weighted by Crippen LogP contribution is -2.04. The quantitative estimate of drug-likeness (QED) is 0.626. The molecule has 1 aromatic heterocycles. The van der Waals surface area contributed by atoms with Gasteiger partial charge in [-0.2, -0.15) is 0 Å². The number of esters is 1. The second-order valence-electron chi connectivity index (χ2n) is 4.71. The number of benzene rings is 1. The molecule has 0 bridgehead atoms. The van der Waals surface area contributed by atoms with Crippen LogP contribution in [0.15, 0.2) is 22.8 Å². The molecule has 0 fully saturated rings. The molecule has 5 heteroatoms. The van der Waals surface area contributed by atoms with Gasteiger partial charge < -0.3 is 9.30 Å². The third-order valence-electron chi connectivity index (χ3n) is 3.53. The van der Waals surface area contributed by atoms with Crippen molar-refractivity contribution in [1.82, 2.24) is 4.57 Å². The molecule has 0 aliphatic heterocycles. The normalized spacial score (nSPS) is 12.4. The van der Waals surface area contributed by atoms with E-state index in [1.807, 2.05) is 10.6 Å². The Bertz CT molecular complexity index is 675. The van der Waals surface area contributed by atoms with Crippen molar-refractivity contribution in [3.63, 3.8) is 0 Å². The van der Waals surface area contributed by atoms with Crippen molar-refractivity contribution in [2.24, 2.45) is 0 Å². The maximum absolute atomic E-state index is 11.9. The molecule has 0 radical (unpaired) electrons. The molecule has 20 heavy (non-hydrogen) atoms. The molecule has 0 saturated heterocycles. The number of hydrogen-bond donors (Lipinski definition) is 0. The monoisotopic (exact) mass is 337 g/mol. The molecule has 0 aliphatic carbocycles. The number of aromatic nitrogens is 1. The Morgan fingerprint density at radius 1 is 1.50 bits per heavy atom. The molecule has 2 aromatic rings. The standard InChI is InChI=1S/C15H16BrNO3/c1-4-9(2)17-7-10(8-18)14-12(15(19)20-3)5-11(16)6-13(14)17/h5-9H,4H2,1-3H3/t9-/m1/s1. The number of methoxy groups -OCH3 is 1. The number of ether oxygens (including phenoxy) is 1. The maximum Gasteiger partial charge on any atom is 0.338 e. The number of rotatable bonds is 4. The average Bonchev–Trinajstić information content (AvgIpc) is 2.83. The summed E-state index contributed by atoms with van der Waals surface area (Å²) in [6.45, 7) is 4.16. The molecular weight excluding hydrogens is 322 g/mol. The molecule has 4 nitrogen and oxygen atoms in total. The lowest BCUT2D eigenvalue weighted by Gasteiger charge is -2.13. The Labute approximate surface area is 125 Å². The molecule has 0 spiro atoms. The van der Waals surface area contributed by atoms with Crippen LogP contribution in [-0.4, -0.2) is 23.9 Å². The highest BCUT2D eigenvalue weighted by atomic mass is 79.9. The van der Waals surface area contributed by atoms with E-state index in [1.165, 1.54) is 7.11 Å². The van der Waals surface area contributed by atoms with Gasteiger partial charge >= 0.3 is 5.97 Å². The van der Waals surface area contributed by atoms with Gasteiger partial charge in [0.1, 0.15) is 0 Å². The van der Waals surface area contributed by atoms with Crippen molar-refractivity contribution in [2.45, 2.75) is 26.3 Å². The van der Waals surface area contributed by atoms with Crippen LogP contribution in [-0.2, 0) is 4.74 Å². The first kappa shape index (κ1) is 14.8. The summed E-state index contributed by atoms with van der Waals surface area (Å²) >= 11 is 3.41. The molecule has 2 rings (SSSR count). The van der Waals surface area contributed by atoms with Crippen LogP contribution in [0.5, 0.6) is 0 Å². The highest BCUT2D eigenvalue weighted by Crippen LogP contribution is 2.31. The molecule has 0 amide bonds. The first-order valence-electron chi connectivity index (χ1n) is 6.41. The van der Waals surface area contributed by atoms with Crippen molar-refractivity contribution < 1.29 is 14.3 Å². The summed E-state index contributed by atoms with van der Waals surface area (Å²) < 4.78 is 7.62. The second kappa shape index (κ2) is 5.79. The lowest BCUT2D eigenvalue weighted by molar-refractivity contribution is 0.0603. The first-order chi connectivity index (χ1) is 9.53. The molecule has 1 heterocycles. The van der Waals surface area contributed by atoms with E-state index in [-0.39, 0.29) is 6.04 Å². The molecule has 106 valence electrons. The predicted octanol–water partition coefficient (Wildman–Crippen LogP) is 3.97. The third-order valence-corrected chi connectivity index (χ3v) is 3.98. The smallest absolute Gasteiger partial charge is 0.338 e. The Balaban J connectivity index is 2.86. The van der Waals surface area contributed by atoms with Crippen LogP contribution < -0.4 is 0 Å². The first-order valence-corrected chi connectivity index (χ1v) is 7.20. The third kappa shape index (κ3) is 2.38. The predicted molar refractivity (Wildman–Crippen MR) is 81.4 cm³/mol. The van der Waals surface area contributed by atoms with Crippen molar-refractivity contribution in [1.29, 1.82) is 0 Å². The lowest BCUT2D eigenvalue weighted by atomic mass is 10.1. The van der Waals surface area contributed by atoms with Gasteiger partial charge in [0, 0.05) is 27.7 Å². The zero-order valence-corrected chi connectivity index (χ0v) is 13.2. The summed E-state index contributed by atoms with van der Waals surface area (Å²) in [7, 11) is 1.33. The van der Waals surface area contributed by atoms with Crippen molar-refractivity contribution in [3.05, 3.63) is 33.9 Å². The number of aldehydes is 1. The summed E-state index contributed by atoms with van der Waals surface area (Å²) in [5, 5.41) is 0.648. The Hall–Kier alpha value is -1.62. The number of carbonyl (C=O) groups is 2. The van der Waals surface area contributed by atoms with E-state index >= 15 is 0 Å². The summed E-state index contributed by atoms with van der Waals surface area (Å²) in [5.74, 6) is -0.443. The zero-order chi connectivity index (χ0) is 14.9. The van der Waals surface area contributed by atoms with Gasteiger partial charge in [-0.1, -0.05) is 22.9 Å². The largest absolute Gasteiger partial charge is 0.465 e. The summed E-state index contributed by atoms with van der Waals surface area (Å²) in [5.41, 5.74) is 1.77. The minimum atomic E-state index is -0.443. The van der Waals surface area contributed by atoms with Gasteiger partial charge in [0.15, 0.2) is 6.29 Å². The zero-order valence-electron chi connectivity index (χ0n) is 11.6. The van der Waals surface area contributed by atoms with E-state index in [0.29, 0.717) is 16.5 Å². The Morgan fingerprint density at radius 3 is 2.75 bits per heavy atom. The van der Waals surface area contributed by atoms with E-state index < -0.39 is 5.97 Å². The van der Waals surface area contributed by atoms with Gasteiger partial charge in [-0.25, -0.2) is 4.79 Å². The average molecular weight is 338 g/mol. The highest BCUT2D eigenvalue weighted by Gasteiger charge is 2.19. The molecule has 1 atom stereocenters. The van der Waals surface area contributed by atoms with Crippen LogP contribution in [0.4, 0.5) is 0 Å². The van der Waals surface area contributed by atoms with Gasteiger partial charge in [-0.15, -0.1) is 0 Å². The van der Waals surface area contributed by atoms with E-state index in [9.17, 15) is 9.59 Å². The highest BCUT2D eigenvalue weighted by molar-refractivity contribution is 9.10. The van der Waals surface area contributed by atoms with Gasteiger partial charge in [0.25, 0.3) is 0 Å². The second-order valence-corrected chi connectivity index (χ2v) is 5.62. The molecule has 0 N–H and O–H groups in total. The topological polar surface area (TPSA) is 48.3 Å². The van der Waals surface area contributed by atoms with Crippen molar-refractivity contribution >= 4 is 39.1 Å². The molecular formula is C15H16BrNO3. The number of carbonyl (C=O) groups excluding carboxylic acids is 2. The Morgan fingerprint density at radius 2 is 2.20 bits per heavy atom. The van der Waals surface area contributed by atoms with Gasteiger partial charge in [0.05, 0.1) is 18.2 Å². The number of hydrogen-bond acceptors (Lipinski definition) is 3. The number of fused-ring (bicyclic) bond motifs is 1. The fourth-order valence-corrected chi connectivity index (χ4v) is 2.75. The SMILES string of the molecule is CC[C@@H](C)n1cc(C=O)c2c(C(=O)OC)cc(Br)cc21. The maximum atomic E-state index is 11.9. The number of halogens is 1. The van der Waals surface area contributed by atoms with E-state index in [4.69, 9.17) is 4.74 Å². The van der Waals surface area contributed by atoms with E-state index in [2.05, 4.69) is 29.8 Å². The van der Waals surface area contributed by atoms with Crippen molar-refractivity contribution in [3.8, 4) is 0 Å². The molecule has 0 saturated carbocycles. The van der Waals surface area contributed by atoms with Crippen LogP contribution in [0.1, 0.15) is 47.0 Å². The van der Waals surface area contributed by atoms with Crippen LogP contribution in [0.2, 0.25) is 0 Å². The van der Waals surface area contributed by atoms with E-state index in [0.717, 1.165) is 22.7 Å². The van der Waals surface area contributed by atoms with Crippen LogP contribution in [0.25, 0.3) is 10.9 Å². The minimum Gasteiger partial charge on any atom is -0.465 e. The van der Waals surface area contributed by atoms with Crippen LogP contribution >= 0.6 is 15.9 Å². The van der Waals surface area contributed by atoms with E-state index in [1.54, 1.807) is 12.3 Å². The molecule has 0 aliphatic rings. The molecule has 0 unspecified atom stereocenters. The number of nitrogens with zero attached hydrogens (tertiary/aromatic N) is 1. The van der Waals surface area contributed by atoms with Gasteiger partial charge in [0.2, 0.25) is 0 Å². The van der Waals surface area contributed by atoms with Crippen LogP contribution in [0.3, 0.4) is 0 Å². The fraction of sp³-hybridized carbons (Fsp3) is 0.333.